The second kappa shape index (κ2) is 8.14. The lowest BCUT2D eigenvalue weighted by Gasteiger charge is -2.33. The topological polar surface area (TPSA) is 118 Å². The van der Waals surface area contributed by atoms with Crippen molar-refractivity contribution in [1.29, 1.82) is 5.26 Å². The number of aromatic amines is 1. The maximum Gasteiger partial charge on any atom is 0.278 e. The predicted octanol–water partition coefficient (Wildman–Crippen LogP) is 2.11. The molecule has 2 aliphatic carbocycles. The molecule has 0 spiro atoms. The van der Waals surface area contributed by atoms with Crippen LogP contribution in [0.3, 0.4) is 0 Å². The summed E-state index contributed by atoms with van der Waals surface area (Å²) in [5, 5.41) is 19.8. The van der Waals surface area contributed by atoms with Crippen LogP contribution in [-0.4, -0.2) is 66.0 Å². The van der Waals surface area contributed by atoms with E-state index in [1.54, 1.807) is 0 Å². The van der Waals surface area contributed by atoms with Crippen LogP contribution in [0.4, 0.5) is 11.6 Å². The van der Waals surface area contributed by atoms with Gasteiger partial charge in [-0.25, -0.2) is 13.5 Å². The normalized spacial score (nSPS) is 19.2. The maximum atomic E-state index is 13.1. The standard InChI is InChI=1S/C22H29N7O2S/c1-28(2)14-9-11-29(12-10-14)32(30,31)22-25-21(26-27-22)24-20-17-7-3-5-15(17)19(13-23)16-6-4-8-18(16)20/h14H,3-12H2,1-2H3,(H2,24,25,26,27). The molecule has 1 aromatic carbocycles. The quantitative estimate of drug-likeness (QED) is 0.709. The van der Waals surface area contributed by atoms with Crippen LogP contribution in [0.1, 0.15) is 53.5 Å². The van der Waals surface area contributed by atoms with Crippen LogP contribution < -0.4 is 5.32 Å². The summed E-state index contributed by atoms with van der Waals surface area (Å²) in [4.78, 5) is 6.46. The number of nitrogens with zero attached hydrogens (tertiary/aromatic N) is 5. The molecule has 0 atom stereocenters. The molecule has 5 rings (SSSR count). The number of benzene rings is 1. The van der Waals surface area contributed by atoms with E-state index in [0.717, 1.165) is 73.7 Å². The first-order chi connectivity index (χ1) is 15.4. The lowest BCUT2D eigenvalue weighted by molar-refractivity contribution is 0.196. The highest BCUT2D eigenvalue weighted by molar-refractivity contribution is 7.88. The van der Waals surface area contributed by atoms with E-state index in [1.165, 1.54) is 15.4 Å². The van der Waals surface area contributed by atoms with E-state index in [-0.39, 0.29) is 11.1 Å². The molecule has 1 saturated heterocycles. The van der Waals surface area contributed by atoms with Crippen LogP contribution in [0.5, 0.6) is 0 Å². The minimum Gasteiger partial charge on any atom is -0.322 e. The average molecular weight is 456 g/mol. The zero-order valence-corrected chi connectivity index (χ0v) is 19.4. The molecule has 1 fully saturated rings. The van der Waals surface area contributed by atoms with Gasteiger partial charge >= 0.3 is 0 Å². The Kier molecular flexibility index (Phi) is 5.43. The molecule has 0 unspecified atom stereocenters. The van der Waals surface area contributed by atoms with Gasteiger partial charge in [0.25, 0.3) is 15.2 Å². The van der Waals surface area contributed by atoms with Crippen LogP contribution in [0.15, 0.2) is 5.16 Å². The summed E-state index contributed by atoms with van der Waals surface area (Å²) < 4.78 is 27.7. The lowest BCUT2D eigenvalue weighted by atomic mass is 9.93. The van der Waals surface area contributed by atoms with Crippen molar-refractivity contribution < 1.29 is 8.42 Å². The van der Waals surface area contributed by atoms with Gasteiger partial charge in [-0.1, -0.05) is 0 Å². The number of H-pyrrole nitrogens is 1. The van der Waals surface area contributed by atoms with Gasteiger partial charge in [0.15, 0.2) is 0 Å². The lowest BCUT2D eigenvalue weighted by Crippen LogP contribution is -2.44. The van der Waals surface area contributed by atoms with E-state index in [4.69, 9.17) is 0 Å². The number of hydrogen-bond acceptors (Lipinski definition) is 7. The number of hydrogen-bond donors (Lipinski definition) is 2. The minimum absolute atomic E-state index is 0.120. The minimum atomic E-state index is -3.71. The third-order valence-corrected chi connectivity index (χ3v) is 8.91. The number of piperidine rings is 1. The molecular weight excluding hydrogens is 426 g/mol. The maximum absolute atomic E-state index is 13.1. The summed E-state index contributed by atoms with van der Waals surface area (Å²) in [5.41, 5.74) is 6.46. The van der Waals surface area contributed by atoms with Crippen LogP contribution in [-0.2, 0) is 35.7 Å². The number of sulfonamides is 1. The first-order valence-electron chi connectivity index (χ1n) is 11.4. The van der Waals surface area contributed by atoms with Gasteiger partial charge in [0.1, 0.15) is 0 Å². The van der Waals surface area contributed by atoms with Crippen LogP contribution in [0, 0.1) is 11.3 Å². The molecule has 2 aromatic rings. The summed E-state index contributed by atoms with van der Waals surface area (Å²) in [6.07, 6.45) is 7.31. The molecule has 1 aromatic heterocycles. The highest BCUT2D eigenvalue weighted by Crippen LogP contribution is 2.42. The van der Waals surface area contributed by atoms with Gasteiger partial charge < -0.3 is 10.2 Å². The van der Waals surface area contributed by atoms with Gasteiger partial charge in [-0.2, -0.15) is 14.6 Å². The molecule has 2 N–H and O–H groups in total. The second-order valence-electron chi connectivity index (χ2n) is 9.17. The highest BCUT2D eigenvalue weighted by Gasteiger charge is 2.33. The van der Waals surface area contributed by atoms with Crippen molar-refractivity contribution in [3.63, 3.8) is 0 Å². The molecule has 170 valence electrons. The van der Waals surface area contributed by atoms with E-state index < -0.39 is 10.0 Å². The molecule has 32 heavy (non-hydrogen) atoms. The SMILES string of the molecule is CN(C)C1CCN(S(=O)(=O)c2nc(Nc3c4c(c(C#N)c5c3CCC5)CCC4)n[nH]2)CC1. The predicted molar refractivity (Wildman–Crippen MR) is 120 cm³/mol. The van der Waals surface area contributed by atoms with Crippen LogP contribution >= 0.6 is 0 Å². The first kappa shape index (κ1) is 21.4. The van der Waals surface area contributed by atoms with Gasteiger partial charge in [-0.3, -0.25) is 0 Å². The number of rotatable bonds is 5. The monoisotopic (exact) mass is 455 g/mol. The fourth-order valence-corrected chi connectivity index (χ4v) is 6.79. The van der Waals surface area contributed by atoms with Crippen molar-refractivity contribution in [2.45, 2.75) is 62.6 Å². The third-order valence-electron chi connectivity index (χ3n) is 7.19. The number of nitriles is 1. The Labute approximate surface area is 188 Å². The Hall–Kier alpha value is -2.48. The van der Waals surface area contributed by atoms with E-state index >= 15 is 0 Å². The first-order valence-corrected chi connectivity index (χ1v) is 12.8. The molecule has 0 bridgehead atoms. The van der Waals surface area contributed by atoms with E-state index in [9.17, 15) is 13.7 Å². The number of aromatic nitrogens is 3. The third kappa shape index (κ3) is 3.49. The van der Waals surface area contributed by atoms with Gasteiger partial charge in [0, 0.05) is 24.8 Å². The molecule has 0 radical (unpaired) electrons. The Morgan fingerprint density at radius 3 is 2.22 bits per heavy atom. The van der Waals surface area contributed by atoms with Gasteiger partial charge in [-0.15, -0.1) is 5.10 Å². The molecule has 10 heteroatoms. The Bertz CT molecular complexity index is 1150. The fraction of sp³-hybridized carbons (Fsp3) is 0.591. The van der Waals surface area contributed by atoms with E-state index in [2.05, 4.69) is 31.5 Å². The Balaban J connectivity index is 1.41. The number of nitrogens with one attached hydrogen (secondary N) is 2. The van der Waals surface area contributed by atoms with Crippen LogP contribution in [0.25, 0.3) is 0 Å². The van der Waals surface area contributed by atoms with E-state index in [1.807, 2.05) is 14.1 Å². The van der Waals surface area contributed by atoms with Crippen molar-refractivity contribution in [1.82, 2.24) is 24.4 Å². The molecule has 0 amide bonds. The van der Waals surface area contributed by atoms with Crippen molar-refractivity contribution in [2.24, 2.45) is 0 Å². The number of anilines is 2. The summed E-state index contributed by atoms with van der Waals surface area (Å²) in [5.74, 6) is 0.264. The second-order valence-corrected chi connectivity index (χ2v) is 11.0. The molecule has 3 aliphatic rings. The zero-order chi connectivity index (χ0) is 22.5. The van der Waals surface area contributed by atoms with Crippen molar-refractivity contribution in [3.8, 4) is 6.07 Å². The van der Waals surface area contributed by atoms with Gasteiger partial charge in [0.05, 0.1) is 11.6 Å². The molecule has 2 heterocycles. The Morgan fingerprint density at radius 1 is 1.06 bits per heavy atom. The van der Waals surface area contributed by atoms with Crippen molar-refractivity contribution in [2.75, 3.05) is 32.5 Å². The van der Waals surface area contributed by atoms with Gasteiger partial charge in [-0.05, 0) is 87.7 Å². The largest absolute Gasteiger partial charge is 0.322 e. The highest BCUT2D eigenvalue weighted by atomic mass is 32.2. The fourth-order valence-electron chi connectivity index (χ4n) is 5.49. The summed E-state index contributed by atoms with van der Waals surface area (Å²) in [6.45, 7) is 0.955. The summed E-state index contributed by atoms with van der Waals surface area (Å²) in [7, 11) is 0.342. The average Bonchev–Trinajstić information content (AvgIpc) is 3.54. The molecule has 1 aliphatic heterocycles. The Morgan fingerprint density at radius 2 is 1.66 bits per heavy atom. The van der Waals surface area contributed by atoms with E-state index in [0.29, 0.717) is 19.1 Å². The summed E-state index contributed by atoms with van der Waals surface area (Å²) >= 11 is 0. The van der Waals surface area contributed by atoms with Gasteiger partial charge in [0.2, 0.25) is 5.95 Å². The smallest absolute Gasteiger partial charge is 0.278 e. The van der Waals surface area contributed by atoms with Crippen molar-refractivity contribution >= 4 is 21.7 Å². The summed E-state index contributed by atoms with van der Waals surface area (Å²) in [6, 6.07) is 2.83. The van der Waals surface area contributed by atoms with Crippen molar-refractivity contribution in [3.05, 3.63) is 27.8 Å². The molecular formula is C22H29N7O2S. The number of fused-ring (bicyclic) bond motifs is 2. The zero-order valence-electron chi connectivity index (χ0n) is 18.6. The van der Waals surface area contributed by atoms with Crippen LogP contribution in [0.2, 0.25) is 0 Å². The molecule has 9 nitrogen and oxygen atoms in total. The molecule has 0 saturated carbocycles.